The molecule has 0 saturated heterocycles. The van der Waals surface area contributed by atoms with E-state index >= 15 is 0 Å². The molecule has 0 heterocycles. The molecule has 0 aromatic heterocycles. The second kappa shape index (κ2) is 9.64. The van der Waals surface area contributed by atoms with Crippen molar-refractivity contribution in [3.05, 3.63) is 90.3 Å². The Morgan fingerprint density at radius 2 is 1.47 bits per heavy atom. The smallest absolute Gasteiger partial charge is 0.201 e. The Morgan fingerprint density at radius 3 is 2.06 bits per heavy atom. The summed E-state index contributed by atoms with van der Waals surface area (Å²) in [6.45, 7) is 5.85. The van der Waals surface area contributed by atoms with Crippen molar-refractivity contribution < 1.29 is 17.9 Å². The van der Waals surface area contributed by atoms with Crippen LogP contribution in [0.2, 0.25) is 0 Å². The van der Waals surface area contributed by atoms with Gasteiger partial charge >= 0.3 is 0 Å². The maximum Gasteiger partial charge on any atom is 0.201 e. The Labute approximate surface area is 187 Å². The summed E-state index contributed by atoms with van der Waals surface area (Å²) in [5, 5.41) is 0. The minimum atomic E-state index is -1.00. The van der Waals surface area contributed by atoms with Gasteiger partial charge in [-0.05, 0) is 79.3 Å². The Bertz CT molecular complexity index is 1100. The summed E-state index contributed by atoms with van der Waals surface area (Å²) in [5.41, 5.74) is 2.89. The van der Waals surface area contributed by atoms with Crippen LogP contribution in [-0.4, -0.2) is 6.61 Å². The molecule has 4 rings (SSSR count). The van der Waals surface area contributed by atoms with Gasteiger partial charge < -0.3 is 4.74 Å². The first-order valence-electron chi connectivity index (χ1n) is 11.2. The summed E-state index contributed by atoms with van der Waals surface area (Å²) >= 11 is 0. The van der Waals surface area contributed by atoms with Gasteiger partial charge in [0.1, 0.15) is 5.82 Å². The van der Waals surface area contributed by atoms with E-state index in [9.17, 15) is 13.2 Å². The molecule has 4 heteroatoms. The summed E-state index contributed by atoms with van der Waals surface area (Å²) in [7, 11) is 0. The van der Waals surface area contributed by atoms with Crippen molar-refractivity contribution in [2.24, 2.45) is 5.92 Å². The first-order valence-corrected chi connectivity index (χ1v) is 11.2. The molecule has 166 valence electrons. The summed E-state index contributed by atoms with van der Waals surface area (Å²) < 4.78 is 48.8. The standard InChI is InChI=1S/C28H27F3O/c1-3-18-5-7-19(8-6-18)22-13-14-23(25(29)17-22)20-9-11-21(12-10-20)24-15-16-26(32-4-2)28(31)27(24)30/h3,9-19H,1,4-8H2,2H3. The fourth-order valence-electron chi connectivity index (χ4n) is 4.56. The normalized spacial score (nSPS) is 18.4. The minimum Gasteiger partial charge on any atom is -0.491 e. The van der Waals surface area contributed by atoms with Crippen molar-refractivity contribution in [2.45, 2.75) is 38.5 Å². The van der Waals surface area contributed by atoms with Crippen LogP contribution in [0.1, 0.15) is 44.1 Å². The number of hydrogen-bond acceptors (Lipinski definition) is 1. The SMILES string of the molecule is C=CC1CCC(c2ccc(-c3ccc(-c4ccc(OCC)c(F)c4F)cc3)c(F)c2)CC1. The predicted molar refractivity (Wildman–Crippen MR) is 123 cm³/mol. The maximum absolute atomic E-state index is 15.0. The number of hydrogen-bond donors (Lipinski definition) is 0. The molecule has 0 N–H and O–H groups in total. The van der Waals surface area contributed by atoms with Crippen LogP contribution in [0.4, 0.5) is 13.2 Å². The van der Waals surface area contributed by atoms with Crippen molar-refractivity contribution in [3.63, 3.8) is 0 Å². The molecule has 1 fully saturated rings. The highest BCUT2D eigenvalue weighted by Crippen LogP contribution is 2.38. The Kier molecular flexibility index (Phi) is 6.69. The molecule has 0 atom stereocenters. The van der Waals surface area contributed by atoms with E-state index in [1.807, 2.05) is 18.2 Å². The molecular formula is C28H27F3O. The highest BCUT2D eigenvalue weighted by molar-refractivity contribution is 5.71. The minimum absolute atomic E-state index is 0.106. The van der Waals surface area contributed by atoms with Gasteiger partial charge in [-0.15, -0.1) is 6.58 Å². The number of benzene rings is 3. The second-order valence-corrected chi connectivity index (χ2v) is 8.34. The molecular weight excluding hydrogens is 409 g/mol. The summed E-state index contributed by atoms with van der Waals surface area (Å²) in [4.78, 5) is 0. The predicted octanol–water partition coefficient (Wildman–Crippen LogP) is 8.30. The topological polar surface area (TPSA) is 9.23 Å². The van der Waals surface area contributed by atoms with E-state index in [0.717, 1.165) is 31.2 Å². The average molecular weight is 437 g/mol. The molecule has 1 aliphatic carbocycles. The molecule has 0 unspecified atom stereocenters. The van der Waals surface area contributed by atoms with Crippen LogP contribution in [0.5, 0.6) is 5.75 Å². The van der Waals surface area contributed by atoms with E-state index in [0.29, 0.717) is 28.5 Å². The summed E-state index contributed by atoms with van der Waals surface area (Å²) in [6.07, 6.45) is 6.32. The molecule has 0 bridgehead atoms. The zero-order chi connectivity index (χ0) is 22.7. The third-order valence-corrected chi connectivity index (χ3v) is 6.42. The van der Waals surface area contributed by atoms with Gasteiger partial charge in [-0.25, -0.2) is 8.78 Å². The molecule has 0 spiro atoms. The largest absolute Gasteiger partial charge is 0.491 e. The molecule has 1 aliphatic rings. The maximum atomic E-state index is 15.0. The second-order valence-electron chi connectivity index (χ2n) is 8.34. The Morgan fingerprint density at radius 1 is 0.844 bits per heavy atom. The van der Waals surface area contributed by atoms with Gasteiger partial charge in [0.15, 0.2) is 11.6 Å². The first-order chi connectivity index (χ1) is 15.5. The number of ether oxygens (including phenoxy) is 1. The third kappa shape index (κ3) is 4.45. The van der Waals surface area contributed by atoms with E-state index in [-0.39, 0.29) is 23.7 Å². The molecule has 3 aromatic carbocycles. The van der Waals surface area contributed by atoms with Crippen LogP contribution in [-0.2, 0) is 0 Å². The van der Waals surface area contributed by atoms with Gasteiger partial charge in [0.25, 0.3) is 0 Å². The van der Waals surface area contributed by atoms with E-state index in [4.69, 9.17) is 4.74 Å². The van der Waals surface area contributed by atoms with Gasteiger partial charge in [-0.1, -0.05) is 42.5 Å². The van der Waals surface area contributed by atoms with E-state index in [1.54, 1.807) is 37.3 Å². The fourth-order valence-corrected chi connectivity index (χ4v) is 4.56. The van der Waals surface area contributed by atoms with Crippen LogP contribution in [0, 0.1) is 23.4 Å². The van der Waals surface area contributed by atoms with Crippen LogP contribution in [0.25, 0.3) is 22.3 Å². The van der Waals surface area contributed by atoms with Crippen LogP contribution in [0.15, 0.2) is 67.3 Å². The average Bonchev–Trinajstić information content (AvgIpc) is 2.82. The first kappa shape index (κ1) is 22.2. The number of halogens is 3. The third-order valence-electron chi connectivity index (χ3n) is 6.42. The fraction of sp³-hybridized carbons (Fsp3) is 0.286. The molecule has 32 heavy (non-hydrogen) atoms. The zero-order valence-corrected chi connectivity index (χ0v) is 18.2. The highest BCUT2D eigenvalue weighted by Gasteiger charge is 2.22. The van der Waals surface area contributed by atoms with Crippen LogP contribution < -0.4 is 4.74 Å². The number of allylic oxidation sites excluding steroid dienone is 1. The van der Waals surface area contributed by atoms with Crippen molar-refractivity contribution in [1.29, 1.82) is 0 Å². The molecule has 0 aliphatic heterocycles. The van der Waals surface area contributed by atoms with E-state index in [1.165, 1.54) is 12.1 Å². The number of rotatable bonds is 6. The molecule has 1 nitrogen and oxygen atoms in total. The highest BCUT2D eigenvalue weighted by atomic mass is 19.2. The Hall–Kier alpha value is -3.01. The van der Waals surface area contributed by atoms with E-state index < -0.39 is 11.6 Å². The Balaban J connectivity index is 1.55. The lowest BCUT2D eigenvalue weighted by Gasteiger charge is -2.27. The van der Waals surface area contributed by atoms with Crippen molar-refractivity contribution in [1.82, 2.24) is 0 Å². The van der Waals surface area contributed by atoms with Gasteiger partial charge in [-0.3, -0.25) is 0 Å². The lowest BCUT2D eigenvalue weighted by Crippen LogP contribution is -2.11. The van der Waals surface area contributed by atoms with Gasteiger partial charge in [0.05, 0.1) is 6.61 Å². The molecule has 1 saturated carbocycles. The molecule has 3 aromatic rings. The van der Waals surface area contributed by atoms with Crippen LogP contribution in [0.3, 0.4) is 0 Å². The van der Waals surface area contributed by atoms with Crippen molar-refractivity contribution >= 4 is 0 Å². The lowest BCUT2D eigenvalue weighted by molar-refractivity contribution is 0.314. The summed E-state index contributed by atoms with van der Waals surface area (Å²) in [6, 6.07) is 15.2. The van der Waals surface area contributed by atoms with Crippen molar-refractivity contribution in [3.8, 4) is 28.0 Å². The van der Waals surface area contributed by atoms with Gasteiger partial charge in [-0.2, -0.15) is 4.39 Å². The van der Waals surface area contributed by atoms with E-state index in [2.05, 4.69) is 6.58 Å². The van der Waals surface area contributed by atoms with Gasteiger partial charge in [0, 0.05) is 11.1 Å². The lowest BCUT2D eigenvalue weighted by atomic mass is 9.78. The van der Waals surface area contributed by atoms with Crippen molar-refractivity contribution in [2.75, 3.05) is 6.61 Å². The quantitative estimate of drug-likeness (QED) is 0.353. The molecule has 0 radical (unpaired) electrons. The van der Waals surface area contributed by atoms with Crippen LogP contribution >= 0.6 is 0 Å². The molecule has 0 amide bonds. The van der Waals surface area contributed by atoms with Gasteiger partial charge in [0.2, 0.25) is 5.82 Å². The monoisotopic (exact) mass is 436 g/mol. The zero-order valence-electron chi connectivity index (χ0n) is 18.2. The summed E-state index contributed by atoms with van der Waals surface area (Å²) in [5.74, 6) is -1.37.